The number of halogens is 4. The minimum Gasteiger partial charge on any atom is -0.330 e. The molecule has 0 spiro atoms. The van der Waals surface area contributed by atoms with E-state index in [1.54, 1.807) is 12.1 Å². The van der Waals surface area contributed by atoms with Crippen LogP contribution in [-0.4, -0.2) is 6.54 Å². The molecule has 5 heteroatoms. The van der Waals surface area contributed by atoms with Gasteiger partial charge >= 0.3 is 0 Å². The lowest BCUT2D eigenvalue weighted by Crippen LogP contribution is -2.17. The van der Waals surface area contributed by atoms with Crippen molar-refractivity contribution in [3.05, 3.63) is 69.2 Å². The number of hydrogen-bond acceptors (Lipinski definition) is 1. The lowest BCUT2D eigenvalue weighted by Gasteiger charge is -2.18. The van der Waals surface area contributed by atoms with Gasteiger partial charge < -0.3 is 5.73 Å². The summed E-state index contributed by atoms with van der Waals surface area (Å²) >= 11 is 12.0. The lowest BCUT2D eigenvalue weighted by molar-refractivity contribution is 0.559. The average molecular weight is 316 g/mol. The van der Waals surface area contributed by atoms with Crippen LogP contribution in [0, 0.1) is 11.6 Å². The molecule has 2 rings (SSSR count). The molecule has 0 radical (unpaired) electrons. The Kier molecular flexibility index (Phi) is 4.97. The summed E-state index contributed by atoms with van der Waals surface area (Å²) in [6.07, 6.45) is 0.197. The zero-order valence-electron chi connectivity index (χ0n) is 10.5. The maximum Gasteiger partial charge on any atom is 0.128 e. The molecule has 0 aliphatic carbocycles. The lowest BCUT2D eigenvalue weighted by atomic mass is 9.91. The van der Waals surface area contributed by atoms with E-state index in [2.05, 4.69) is 0 Å². The Morgan fingerprint density at radius 3 is 2.10 bits per heavy atom. The first-order valence-electron chi connectivity index (χ1n) is 6.11. The molecule has 2 aromatic carbocycles. The van der Waals surface area contributed by atoms with E-state index < -0.39 is 17.6 Å². The zero-order valence-corrected chi connectivity index (χ0v) is 12.1. The second-order valence-electron chi connectivity index (χ2n) is 4.47. The highest BCUT2D eigenvalue weighted by Crippen LogP contribution is 2.32. The topological polar surface area (TPSA) is 26.0 Å². The van der Waals surface area contributed by atoms with Crippen molar-refractivity contribution in [1.82, 2.24) is 0 Å². The maximum atomic E-state index is 13.9. The summed E-state index contributed by atoms with van der Waals surface area (Å²) < 4.78 is 27.7. The Labute approximate surface area is 126 Å². The third-order valence-electron chi connectivity index (χ3n) is 3.20. The van der Waals surface area contributed by atoms with E-state index in [0.717, 1.165) is 0 Å². The first-order chi connectivity index (χ1) is 9.54. The van der Waals surface area contributed by atoms with Gasteiger partial charge in [-0.3, -0.25) is 0 Å². The van der Waals surface area contributed by atoms with E-state index in [9.17, 15) is 8.78 Å². The molecule has 1 unspecified atom stereocenters. The molecular formula is C15H13Cl2F2N. The van der Waals surface area contributed by atoms with Gasteiger partial charge in [-0.15, -0.1) is 0 Å². The Hall–Kier alpha value is -1.16. The molecule has 106 valence electrons. The summed E-state index contributed by atoms with van der Waals surface area (Å²) in [5.41, 5.74) is 6.32. The zero-order chi connectivity index (χ0) is 14.7. The molecule has 0 amide bonds. The van der Waals surface area contributed by atoms with Gasteiger partial charge in [-0.2, -0.15) is 0 Å². The Morgan fingerprint density at radius 1 is 0.950 bits per heavy atom. The van der Waals surface area contributed by atoms with Crippen LogP contribution in [0.3, 0.4) is 0 Å². The third kappa shape index (κ3) is 3.11. The highest BCUT2D eigenvalue weighted by Gasteiger charge is 2.21. The number of rotatable bonds is 4. The van der Waals surface area contributed by atoms with Crippen molar-refractivity contribution in [3.63, 3.8) is 0 Å². The van der Waals surface area contributed by atoms with Crippen LogP contribution in [0.4, 0.5) is 8.78 Å². The van der Waals surface area contributed by atoms with Gasteiger partial charge in [-0.1, -0.05) is 35.3 Å². The molecule has 1 nitrogen and oxygen atoms in total. The minimum absolute atomic E-state index is 0.144. The van der Waals surface area contributed by atoms with E-state index in [1.807, 2.05) is 0 Å². The molecule has 0 saturated carbocycles. The van der Waals surface area contributed by atoms with Crippen molar-refractivity contribution in [2.75, 3.05) is 6.54 Å². The van der Waals surface area contributed by atoms with Crippen molar-refractivity contribution in [3.8, 4) is 0 Å². The van der Waals surface area contributed by atoms with E-state index in [-0.39, 0.29) is 18.0 Å². The van der Waals surface area contributed by atoms with Crippen LogP contribution in [0.25, 0.3) is 0 Å². The fourth-order valence-electron chi connectivity index (χ4n) is 2.18. The summed E-state index contributed by atoms with van der Waals surface area (Å²) in [5, 5.41) is 0.587. The van der Waals surface area contributed by atoms with Crippen LogP contribution in [0.2, 0.25) is 10.0 Å². The number of nitrogens with two attached hydrogens (primary N) is 1. The molecule has 0 aliphatic rings. The van der Waals surface area contributed by atoms with Gasteiger partial charge in [-0.25, -0.2) is 8.78 Å². The molecule has 0 saturated heterocycles. The standard InChI is InChI=1S/C15H13Cl2F2N/c16-11-3-1-5-13(18)10(11)7-9(8-20)15-12(17)4-2-6-14(15)19/h1-6,9H,7-8,20H2. The van der Waals surface area contributed by atoms with Gasteiger partial charge in [-0.05, 0) is 37.2 Å². The van der Waals surface area contributed by atoms with Gasteiger partial charge in [0.05, 0.1) is 0 Å². The van der Waals surface area contributed by atoms with Crippen molar-refractivity contribution in [2.45, 2.75) is 12.3 Å². The van der Waals surface area contributed by atoms with Crippen molar-refractivity contribution >= 4 is 23.2 Å². The van der Waals surface area contributed by atoms with Crippen LogP contribution in [0.15, 0.2) is 36.4 Å². The van der Waals surface area contributed by atoms with Gasteiger partial charge in [0.2, 0.25) is 0 Å². The van der Waals surface area contributed by atoms with E-state index in [1.165, 1.54) is 24.3 Å². The molecule has 0 aliphatic heterocycles. The molecule has 0 aromatic heterocycles. The van der Waals surface area contributed by atoms with Gasteiger partial charge in [0.1, 0.15) is 11.6 Å². The summed E-state index contributed by atoms with van der Waals surface area (Å²) in [4.78, 5) is 0. The molecule has 20 heavy (non-hydrogen) atoms. The first-order valence-corrected chi connectivity index (χ1v) is 6.87. The highest BCUT2D eigenvalue weighted by molar-refractivity contribution is 6.31. The van der Waals surface area contributed by atoms with Gasteiger partial charge in [0, 0.05) is 27.1 Å². The number of benzene rings is 2. The SMILES string of the molecule is NCC(Cc1c(F)cccc1Cl)c1c(F)cccc1Cl. The second-order valence-corrected chi connectivity index (χ2v) is 5.29. The monoisotopic (exact) mass is 315 g/mol. The predicted molar refractivity (Wildman–Crippen MR) is 78.3 cm³/mol. The number of hydrogen-bond donors (Lipinski definition) is 1. The fraction of sp³-hybridized carbons (Fsp3) is 0.200. The van der Waals surface area contributed by atoms with Crippen LogP contribution in [0.1, 0.15) is 17.0 Å². The molecule has 1 atom stereocenters. The van der Waals surface area contributed by atoms with Crippen LogP contribution < -0.4 is 5.73 Å². The minimum atomic E-state index is -0.444. The summed E-state index contributed by atoms with van der Waals surface area (Å²) in [7, 11) is 0. The van der Waals surface area contributed by atoms with Crippen molar-refractivity contribution in [2.24, 2.45) is 5.73 Å². The van der Waals surface area contributed by atoms with Crippen molar-refractivity contribution in [1.29, 1.82) is 0 Å². The second kappa shape index (κ2) is 6.53. The van der Waals surface area contributed by atoms with Gasteiger partial charge in [0.25, 0.3) is 0 Å². The molecule has 0 heterocycles. The van der Waals surface area contributed by atoms with Crippen molar-refractivity contribution < 1.29 is 8.78 Å². The normalized spacial score (nSPS) is 12.4. The molecule has 0 bridgehead atoms. The van der Waals surface area contributed by atoms with Crippen LogP contribution >= 0.6 is 23.2 Å². The van der Waals surface area contributed by atoms with Crippen LogP contribution in [-0.2, 0) is 6.42 Å². The van der Waals surface area contributed by atoms with E-state index >= 15 is 0 Å². The van der Waals surface area contributed by atoms with Crippen LogP contribution in [0.5, 0.6) is 0 Å². The van der Waals surface area contributed by atoms with E-state index in [0.29, 0.717) is 16.1 Å². The van der Waals surface area contributed by atoms with E-state index in [4.69, 9.17) is 28.9 Å². The van der Waals surface area contributed by atoms with Gasteiger partial charge in [0.15, 0.2) is 0 Å². The Morgan fingerprint density at radius 2 is 1.55 bits per heavy atom. The molecule has 0 fully saturated rings. The summed E-state index contributed by atoms with van der Waals surface area (Å²) in [5.74, 6) is -1.30. The predicted octanol–water partition coefficient (Wildman–Crippen LogP) is 4.56. The Balaban J connectivity index is 2.39. The fourth-order valence-corrected chi connectivity index (χ4v) is 2.74. The first kappa shape index (κ1) is 15.2. The largest absolute Gasteiger partial charge is 0.330 e. The highest BCUT2D eigenvalue weighted by atomic mass is 35.5. The molecule has 2 aromatic rings. The third-order valence-corrected chi connectivity index (χ3v) is 3.89. The smallest absolute Gasteiger partial charge is 0.128 e. The quantitative estimate of drug-likeness (QED) is 0.879. The molecule has 2 N–H and O–H groups in total. The average Bonchev–Trinajstić information content (AvgIpc) is 2.40. The molecular weight excluding hydrogens is 303 g/mol. The summed E-state index contributed by atoms with van der Waals surface area (Å²) in [6.45, 7) is 0.144. The summed E-state index contributed by atoms with van der Waals surface area (Å²) in [6, 6.07) is 8.85. The Bertz CT molecular complexity index is 576. The maximum absolute atomic E-state index is 13.9.